The Labute approximate surface area is 256 Å². The molecule has 0 bridgehead atoms. The van der Waals surface area contributed by atoms with Crippen LogP contribution < -0.4 is 14.4 Å². The van der Waals surface area contributed by atoms with Crippen LogP contribution in [0.2, 0.25) is 0 Å². The van der Waals surface area contributed by atoms with E-state index in [4.69, 9.17) is 4.74 Å². The molecule has 0 aromatic heterocycles. The maximum absolute atomic E-state index is 13.0. The molecule has 1 unspecified atom stereocenters. The van der Waals surface area contributed by atoms with Crippen molar-refractivity contribution in [3.05, 3.63) is 119 Å². The third-order valence-electron chi connectivity index (χ3n) is 6.24. The van der Waals surface area contributed by atoms with Gasteiger partial charge in [0.15, 0.2) is 0 Å². The molecule has 0 saturated heterocycles. The molecule has 0 fully saturated rings. The number of rotatable bonds is 11. The van der Waals surface area contributed by atoms with Gasteiger partial charge < -0.3 is 19.5 Å². The lowest BCUT2D eigenvalue weighted by atomic mass is 10.1. The van der Waals surface area contributed by atoms with E-state index < -0.39 is 35.5 Å². The van der Waals surface area contributed by atoms with Gasteiger partial charge in [-0.3, -0.25) is 0 Å². The number of alkyl halides is 9. The Bertz CT molecular complexity index is 1560. The highest BCUT2D eigenvalue weighted by Crippen LogP contribution is 2.37. The molecule has 4 rings (SSSR count). The van der Waals surface area contributed by atoms with E-state index in [1.165, 1.54) is 30.3 Å². The van der Waals surface area contributed by atoms with Crippen LogP contribution >= 0.6 is 11.8 Å². The average molecular weight is 662 g/mol. The molecule has 0 aliphatic rings. The highest BCUT2D eigenvalue weighted by Gasteiger charge is 2.32. The molecule has 0 spiro atoms. The maximum atomic E-state index is 13.0. The van der Waals surface area contributed by atoms with Gasteiger partial charge in [0.2, 0.25) is 0 Å². The lowest BCUT2D eigenvalue weighted by molar-refractivity contribution is -0.274. The molecular weight excluding hydrogens is 637 g/mol. The van der Waals surface area contributed by atoms with Crippen LogP contribution in [0.5, 0.6) is 11.5 Å². The Morgan fingerprint density at radius 1 is 0.711 bits per heavy atom. The Hall–Kier alpha value is -4.04. The zero-order valence-corrected chi connectivity index (χ0v) is 23.8. The minimum atomic E-state index is -4.87. The highest BCUT2D eigenvalue weighted by molar-refractivity contribution is 8.00. The number of aliphatic hydroxyl groups excluding tert-OH is 1. The molecule has 14 heteroatoms. The van der Waals surface area contributed by atoms with Gasteiger partial charge in [0, 0.05) is 29.7 Å². The van der Waals surface area contributed by atoms with Crippen molar-refractivity contribution in [1.82, 2.24) is 0 Å². The summed E-state index contributed by atoms with van der Waals surface area (Å²) in [6, 6.07) is 21.2. The quantitative estimate of drug-likeness (QED) is 0.128. The van der Waals surface area contributed by atoms with Gasteiger partial charge in [-0.25, -0.2) is 0 Å². The van der Waals surface area contributed by atoms with Crippen molar-refractivity contribution in [3.63, 3.8) is 0 Å². The molecule has 0 amide bonds. The van der Waals surface area contributed by atoms with Crippen LogP contribution in [0.15, 0.2) is 102 Å². The SMILES string of the molecule is OC(CN(Cc1cccc(SC(F)(F)F)c1)c1cccc(OCc2cccc(OC(F)(F)F)c2)c1)c1ccc(C(F)(F)F)cc1. The largest absolute Gasteiger partial charge is 0.573 e. The van der Waals surface area contributed by atoms with E-state index in [9.17, 15) is 44.6 Å². The summed E-state index contributed by atoms with van der Waals surface area (Å²) < 4.78 is 125. The predicted molar refractivity (Wildman–Crippen MR) is 150 cm³/mol. The van der Waals surface area contributed by atoms with Crippen molar-refractivity contribution in [2.24, 2.45) is 0 Å². The second-order valence-corrected chi connectivity index (χ2v) is 10.8. The summed E-state index contributed by atoms with van der Waals surface area (Å²) in [6.07, 6.45) is -10.7. The summed E-state index contributed by atoms with van der Waals surface area (Å²) in [5.74, 6) is -0.142. The average Bonchev–Trinajstić information content (AvgIpc) is 2.94. The normalized spacial score (nSPS) is 12.9. The van der Waals surface area contributed by atoms with Crippen molar-refractivity contribution in [2.45, 2.75) is 42.2 Å². The summed E-state index contributed by atoms with van der Waals surface area (Å²) in [4.78, 5) is 1.56. The number of hydrogen-bond acceptors (Lipinski definition) is 5. The van der Waals surface area contributed by atoms with Crippen LogP contribution in [0.25, 0.3) is 0 Å². The zero-order valence-electron chi connectivity index (χ0n) is 23.0. The molecule has 4 aromatic carbocycles. The molecule has 0 saturated carbocycles. The molecule has 0 aliphatic heterocycles. The number of ether oxygens (including phenoxy) is 2. The van der Waals surface area contributed by atoms with Crippen LogP contribution in [0.4, 0.5) is 45.2 Å². The fourth-order valence-electron chi connectivity index (χ4n) is 4.30. The Balaban J connectivity index is 1.57. The molecule has 1 atom stereocenters. The minimum absolute atomic E-state index is 0.00420. The fourth-order valence-corrected chi connectivity index (χ4v) is 4.92. The molecule has 45 heavy (non-hydrogen) atoms. The first-order chi connectivity index (χ1) is 21.0. The van der Waals surface area contributed by atoms with Gasteiger partial charge in [-0.15, -0.1) is 13.2 Å². The van der Waals surface area contributed by atoms with Crippen molar-refractivity contribution >= 4 is 17.4 Å². The van der Waals surface area contributed by atoms with Crippen LogP contribution in [-0.2, 0) is 19.3 Å². The van der Waals surface area contributed by atoms with Gasteiger partial charge in [0.05, 0.1) is 11.7 Å². The fraction of sp³-hybridized carbons (Fsp3) is 0.226. The molecule has 1 N–H and O–H groups in total. The number of hydrogen-bond donors (Lipinski definition) is 1. The van der Waals surface area contributed by atoms with Gasteiger partial charge >= 0.3 is 18.0 Å². The second kappa shape index (κ2) is 13.9. The standard InChI is InChI=1S/C31H24F9NO3S/c32-29(33,34)23-12-10-22(11-13-23)28(42)18-41(17-20-4-2-9-27(15-20)45-31(38,39)40)24-6-3-7-25(16-24)43-19-21-5-1-8-26(14-21)44-30(35,36)37/h1-16,28,42H,17-19H2. The Morgan fingerprint density at radius 3 is 2.02 bits per heavy atom. The molecule has 4 nitrogen and oxygen atoms in total. The monoisotopic (exact) mass is 661 g/mol. The number of thioether (sulfide) groups is 1. The van der Waals surface area contributed by atoms with Gasteiger partial charge in [0.25, 0.3) is 0 Å². The van der Waals surface area contributed by atoms with E-state index in [0.29, 0.717) is 16.8 Å². The second-order valence-electron chi connectivity index (χ2n) is 9.69. The van der Waals surface area contributed by atoms with Crippen molar-refractivity contribution < 1.29 is 54.1 Å². The maximum Gasteiger partial charge on any atom is 0.573 e. The minimum Gasteiger partial charge on any atom is -0.489 e. The van der Waals surface area contributed by atoms with Crippen molar-refractivity contribution in [1.29, 1.82) is 0 Å². The van der Waals surface area contributed by atoms with E-state index in [-0.39, 0.29) is 47.7 Å². The predicted octanol–water partition coefficient (Wildman–Crippen LogP) is 9.54. The molecule has 4 aromatic rings. The molecule has 0 heterocycles. The number of anilines is 1. The molecule has 240 valence electrons. The topological polar surface area (TPSA) is 41.9 Å². The summed E-state index contributed by atoms with van der Waals surface area (Å²) in [7, 11) is 0. The summed E-state index contributed by atoms with van der Waals surface area (Å²) in [5.41, 5.74) is -3.95. The van der Waals surface area contributed by atoms with Crippen LogP contribution in [0.3, 0.4) is 0 Å². The third-order valence-corrected chi connectivity index (χ3v) is 6.96. The first-order valence-corrected chi connectivity index (χ1v) is 13.9. The molecule has 0 aliphatic carbocycles. The third kappa shape index (κ3) is 10.8. The lowest BCUT2D eigenvalue weighted by Gasteiger charge is -2.28. The Kier molecular flexibility index (Phi) is 10.5. The Morgan fingerprint density at radius 2 is 1.36 bits per heavy atom. The summed E-state index contributed by atoms with van der Waals surface area (Å²) in [6.45, 7) is -0.296. The van der Waals surface area contributed by atoms with Gasteiger partial charge in [0.1, 0.15) is 18.1 Å². The van der Waals surface area contributed by atoms with Crippen LogP contribution in [0, 0.1) is 0 Å². The summed E-state index contributed by atoms with van der Waals surface area (Å²) >= 11 is -0.288. The van der Waals surface area contributed by atoms with E-state index >= 15 is 0 Å². The number of benzene rings is 4. The van der Waals surface area contributed by atoms with E-state index in [1.807, 2.05) is 0 Å². The molecular formula is C31H24F9NO3S. The highest BCUT2D eigenvalue weighted by atomic mass is 32.2. The van der Waals surface area contributed by atoms with Gasteiger partial charge in [-0.05, 0) is 77.0 Å². The van der Waals surface area contributed by atoms with Crippen LogP contribution in [-0.4, -0.2) is 23.5 Å². The number of nitrogens with zero attached hydrogens (tertiary/aromatic N) is 1. The first-order valence-electron chi connectivity index (χ1n) is 13.1. The van der Waals surface area contributed by atoms with E-state index in [1.54, 1.807) is 35.2 Å². The molecule has 0 radical (unpaired) electrons. The van der Waals surface area contributed by atoms with Crippen molar-refractivity contribution in [2.75, 3.05) is 11.4 Å². The van der Waals surface area contributed by atoms with Gasteiger partial charge in [-0.1, -0.05) is 42.5 Å². The smallest absolute Gasteiger partial charge is 0.489 e. The van der Waals surface area contributed by atoms with Gasteiger partial charge in [-0.2, -0.15) is 26.3 Å². The first kappa shape index (κ1) is 33.8. The number of aliphatic hydroxyl groups is 1. The zero-order chi connectivity index (χ0) is 32.8. The number of halogens is 9. The summed E-state index contributed by atoms with van der Waals surface area (Å²) in [5, 5.41) is 11.0. The van der Waals surface area contributed by atoms with E-state index in [0.717, 1.165) is 36.4 Å². The van der Waals surface area contributed by atoms with Crippen molar-refractivity contribution in [3.8, 4) is 11.5 Å². The lowest BCUT2D eigenvalue weighted by Crippen LogP contribution is -2.28. The van der Waals surface area contributed by atoms with Crippen LogP contribution in [0.1, 0.15) is 28.4 Å². The van der Waals surface area contributed by atoms with E-state index in [2.05, 4.69) is 4.74 Å².